The summed E-state index contributed by atoms with van der Waals surface area (Å²) < 4.78 is 12.0. The number of para-hydroxylation sites is 1. The van der Waals surface area contributed by atoms with E-state index in [-0.39, 0.29) is 11.3 Å². The predicted octanol–water partition coefficient (Wildman–Crippen LogP) is 6.22. The fourth-order valence-electron chi connectivity index (χ4n) is 7.46. The van der Waals surface area contributed by atoms with Gasteiger partial charge in [-0.1, -0.05) is 24.6 Å². The number of nitrogens with zero attached hydrogens (tertiary/aromatic N) is 4. The highest BCUT2D eigenvalue weighted by Gasteiger charge is 2.37. The normalized spacial score (nSPS) is 19.9. The molecule has 2 aromatic carbocycles. The summed E-state index contributed by atoms with van der Waals surface area (Å²) in [6.07, 6.45) is 12.9. The number of piperidine rings is 1. The molecule has 44 heavy (non-hydrogen) atoms. The Morgan fingerprint density at radius 2 is 1.66 bits per heavy atom. The summed E-state index contributed by atoms with van der Waals surface area (Å²) in [5.41, 5.74) is 4.67. The van der Waals surface area contributed by atoms with E-state index in [2.05, 4.69) is 62.1 Å². The van der Waals surface area contributed by atoms with Crippen LogP contribution in [0.1, 0.15) is 72.0 Å². The molecule has 0 unspecified atom stereocenters. The van der Waals surface area contributed by atoms with Gasteiger partial charge in [-0.15, -0.1) is 0 Å². The number of aromatic nitrogens is 1. The molecule has 1 amide bonds. The monoisotopic (exact) mass is 596 g/mol. The molecule has 3 aliphatic heterocycles. The highest BCUT2D eigenvalue weighted by molar-refractivity contribution is 5.94. The maximum absolute atomic E-state index is 13.8. The van der Waals surface area contributed by atoms with Gasteiger partial charge in [0.15, 0.2) is 0 Å². The zero-order chi connectivity index (χ0) is 30.2. The molecule has 1 aromatic heterocycles. The number of methoxy groups -OCH3 is 1. The summed E-state index contributed by atoms with van der Waals surface area (Å²) in [7, 11) is 1.72. The molecule has 7 nitrogen and oxygen atoms in total. The molecule has 0 aliphatic carbocycles. The maximum atomic E-state index is 13.8. The molecule has 2 saturated heterocycles. The molecule has 0 N–H and O–H groups in total. The van der Waals surface area contributed by atoms with Gasteiger partial charge in [0, 0.05) is 62.8 Å². The number of benzene rings is 2. The Balaban J connectivity index is 1.16. The minimum Gasteiger partial charge on any atom is -0.496 e. The van der Waals surface area contributed by atoms with E-state index < -0.39 is 0 Å². The maximum Gasteiger partial charge on any atom is 0.253 e. The van der Waals surface area contributed by atoms with Gasteiger partial charge < -0.3 is 14.4 Å². The van der Waals surface area contributed by atoms with E-state index >= 15 is 0 Å². The van der Waals surface area contributed by atoms with E-state index in [0.29, 0.717) is 6.61 Å². The van der Waals surface area contributed by atoms with Crippen LogP contribution in [0, 0.1) is 5.41 Å². The van der Waals surface area contributed by atoms with E-state index in [1.807, 2.05) is 24.5 Å². The molecule has 0 saturated carbocycles. The lowest BCUT2D eigenvalue weighted by Gasteiger charge is -2.45. The Kier molecular flexibility index (Phi) is 10.1. The van der Waals surface area contributed by atoms with Crippen molar-refractivity contribution in [1.29, 1.82) is 0 Å². The average molecular weight is 597 g/mol. The molecule has 7 heteroatoms. The lowest BCUT2D eigenvalue weighted by Crippen LogP contribution is -2.48. The van der Waals surface area contributed by atoms with Crippen molar-refractivity contribution in [1.82, 2.24) is 19.7 Å². The van der Waals surface area contributed by atoms with E-state index in [0.717, 1.165) is 101 Å². The number of carbonyl (C=O) groups excluding carboxylic acids is 1. The number of hydrogen-bond acceptors (Lipinski definition) is 6. The number of aryl methyl sites for hydroxylation is 1. The van der Waals surface area contributed by atoms with Crippen LogP contribution in [0.5, 0.6) is 11.5 Å². The van der Waals surface area contributed by atoms with Crippen molar-refractivity contribution in [3.8, 4) is 11.5 Å². The zero-order valence-electron chi connectivity index (χ0n) is 26.4. The standard InChI is InChI=1S/C37H48N4O3/c1-43-34-12-11-32(26-33(34)28-39-20-6-7-21-39)36(42)41-22-16-37(17-23-41)15-5-4-9-31-8-2-3-10-35(31)44-25-24-40(29-37)27-30-13-18-38-19-14-30/h2-3,8,10-14,18-19,26H,4-7,9,15-17,20-25,27-29H2,1H3. The summed E-state index contributed by atoms with van der Waals surface area (Å²) in [5.74, 6) is 2.05. The Labute approximate surface area is 263 Å². The van der Waals surface area contributed by atoms with Crippen LogP contribution in [0.15, 0.2) is 67.0 Å². The number of rotatable bonds is 6. The molecular formula is C37H48N4O3. The van der Waals surface area contributed by atoms with Gasteiger partial charge in [0.1, 0.15) is 18.1 Å². The summed E-state index contributed by atoms with van der Waals surface area (Å²) in [6.45, 7) is 8.11. The van der Waals surface area contributed by atoms with Crippen LogP contribution in [-0.2, 0) is 19.5 Å². The second-order valence-corrected chi connectivity index (χ2v) is 13.0. The number of hydrogen-bond donors (Lipinski definition) is 0. The van der Waals surface area contributed by atoms with Gasteiger partial charge in [-0.05, 0) is 111 Å². The molecular weight excluding hydrogens is 548 g/mol. The lowest BCUT2D eigenvalue weighted by molar-refractivity contribution is 0.0361. The van der Waals surface area contributed by atoms with Crippen LogP contribution in [0.4, 0.5) is 0 Å². The molecule has 0 atom stereocenters. The molecule has 234 valence electrons. The fourth-order valence-corrected chi connectivity index (χ4v) is 7.46. The first-order chi connectivity index (χ1) is 21.6. The molecule has 3 aromatic rings. The van der Waals surface area contributed by atoms with Crippen molar-refractivity contribution in [2.45, 2.75) is 64.5 Å². The third kappa shape index (κ3) is 7.62. The summed E-state index contributed by atoms with van der Waals surface area (Å²) >= 11 is 0. The number of fused-ring (bicyclic) bond motifs is 1. The van der Waals surface area contributed by atoms with Crippen LogP contribution >= 0.6 is 0 Å². The summed E-state index contributed by atoms with van der Waals surface area (Å²) in [5, 5.41) is 0. The zero-order valence-corrected chi connectivity index (χ0v) is 26.4. The quantitative estimate of drug-likeness (QED) is 0.337. The van der Waals surface area contributed by atoms with Gasteiger partial charge >= 0.3 is 0 Å². The lowest BCUT2D eigenvalue weighted by atomic mass is 9.73. The Morgan fingerprint density at radius 3 is 2.45 bits per heavy atom. The Morgan fingerprint density at radius 1 is 0.864 bits per heavy atom. The number of pyridine rings is 1. The first-order valence-corrected chi connectivity index (χ1v) is 16.6. The molecule has 0 radical (unpaired) electrons. The molecule has 2 fully saturated rings. The Bertz CT molecular complexity index is 1370. The van der Waals surface area contributed by atoms with Crippen molar-refractivity contribution in [2.75, 3.05) is 53.0 Å². The minimum atomic E-state index is 0.150. The van der Waals surface area contributed by atoms with Gasteiger partial charge in [-0.2, -0.15) is 0 Å². The van der Waals surface area contributed by atoms with E-state index in [1.165, 1.54) is 36.8 Å². The minimum absolute atomic E-state index is 0.150. The van der Waals surface area contributed by atoms with Crippen molar-refractivity contribution in [3.63, 3.8) is 0 Å². The van der Waals surface area contributed by atoms with E-state index in [1.54, 1.807) is 7.11 Å². The van der Waals surface area contributed by atoms with Crippen LogP contribution in [-0.4, -0.2) is 78.6 Å². The Hall–Kier alpha value is -3.42. The van der Waals surface area contributed by atoms with Crippen LogP contribution in [0.25, 0.3) is 0 Å². The first-order valence-electron chi connectivity index (χ1n) is 16.6. The van der Waals surface area contributed by atoms with E-state index in [4.69, 9.17) is 9.47 Å². The smallest absolute Gasteiger partial charge is 0.253 e. The second-order valence-electron chi connectivity index (χ2n) is 13.0. The van der Waals surface area contributed by atoms with Crippen molar-refractivity contribution >= 4 is 5.91 Å². The SMILES string of the molecule is COc1ccc(C(=O)N2CCC3(CCCCc4ccccc4OCCN(Cc4ccncc4)C3)CC2)cc1CN1CCCC1. The third-order valence-electron chi connectivity index (χ3n) is 9.99. The number of amides is 1. The first kappa shape index (κ1) is 30.6. The number of carbonyl (C=O) groups is 1. The predicted molar refractivity (Wildman–Crippen MR) is 174 cm³/mol. The molecule has 0 bridgehead atoms. The topological polar surface area (TPSA) is 58.1 Å². The fraction of sp³-hybridized carbons (Fsp3) is 0.514. The van der Waals surface area contributed by atoms with Gasteiger partial charge in [0.25, 0.3) is 5.91 Å². The van der Waals surface area contributed by atoms with Gasteiger partial charge in [-0.3, -0.25) is 19.6 Å². The third-order valence-corrected chi connectivity index (χ3v) is 9.99. The molecule has 1 spiro atoms. The van der Waals surface area contributed by atoms with Crippen LogP contribution in [0.2, 0.25) is 0 Å². The van der Waals surface area contributed by atoms with Gasteiger partial charge in [0.2, 0.25) is 0 Å². The highest BCUT2D eigenvalue weighted by atomic mass is 16.5. The largest absolute Gasteiger partial charge is 0.496 e. The second kappa shape index (κ2) is 14.6. The average Bonchev–Trinajstić information content (AvgIpc) is 3.57. The summed E-state index contributed by atoms with van der Waals surface area (Å²) in [6, 6.07) is 18.8. The van der Waals surface area contributed by atoms with Crippen molar-refractivity contribution < 1.29 is 14.3 Å². The van der Waals surface area contributed by atoms with Gasteiger partial charge in [0.05, 0.1) is 7.11 Å². The number of likely N-dealkylation sites (tertiary alicyclic amines) is 2. The number of ether oxygens (including phenoxy) is 2. The van der Waals surface area contributed by atoms with Crippen LogP contribution < -0.4 is 9.47 Å². The van der Waals surface area contributed by atoms with Crippen LogP contribution in [0.3, 0.4) is 0 Å². The molecule has 6 rings (SSSR count). The molecule has 3 aliphatic rings. The molecule has 4 heterocycles. The van der Waals surface area contributed by atoms with Crippen molar-refractivity contribution in [2.24, 2.45) is 5.41 Å². The van der Waals surface area contributed by atoms with Crippen molar-refractivity contribution in [3.05, 3.63) is 89.2 Å². The van der Waals surface area contributed by atoms with E-state index in [9.17, 15) is 4.79 Å². The highest BCUT2D eigenvalue weighted by Crippen LogP contribution is 2.39. The van der Waals surface area contributed by atoms with Gasteiger partial charge in [-0.25, -0.2) is 0 Å². The summed E-state index contributed by atoms with van der Waals surface area (Å²) in [4.78, 5) is 25.2.